The first-order chi connectivity index (χ1) is 8.04. The Kier molecular flexibility index (Phi) is 5.58. The zero-order valence-electron chi connectivity index (χ0n) is 9.89. The molecule has 1 amide bonds. The van der Waals surface area contributed by atoms with Crippen molar-refractivity contribution in [3.63, 3.8) is 0 Å². The van der Waals surface area contributed by atoms with Gasteiger partial charge in [0, 0.05) is 12.6 Å². The summed E-state index contributed by atoms with van der Waals surface area (Å²) in [5.41, 5.74) is 0.933. The van der Waals surface area contributed by atoms with E-state index in [0.29, 0.717) is 11.0 Å². The summed E-state index contributed by atoms with van der Waals surface area (Å²) < 4.78 is 13.5. The molecule has 1 aromatic rings. The van der Waals surface area contributed by atoms with E-state index in [2.05, 4.69) is 26.6 Å². The van der Waals surface area contributed by atoms with Gasteiger partial charge in [-0.3, -0.25) is 4.79 Å². The minimum absolute atomic E-state index is 0.00509. The second kappa shape index (κ2) is 6.71. The topological polar surface area (TPSA) is 41.1 Å². The average molecular weight is 303 g/mol. The van der Waals surface area contributed by atoms with Crippen LogP contribution in [-0.2, 0) is 4.79 Å². The van der Waals surface area contributed by atoms with Gasteiger partial charge in [0.1, 0.15) is 5.82 Å². The molecule has 1 aromatic carbocycles. The molecule has 94 valence electrons. The fourth-order valence-corrected chi connectivity index (χ4v) is 1.80. The van der Waals surface area contributed by atoms with Crippen molar-refractivity contribution in [3.05, 3.63) is 34.1 Å². The van der Waals surface area contributed by atoms with E-state index in [1.165, 1.54) is 6.07 Å². The maximum Gasteiger partial charge on any atom is 0.233 e. The van der Waals surface area contributed by atoms with E-state index in [9.17, 15) is 9.18 Å². The third-order valence-electron chi connectivity index (χ3n) is 2.39. The number of benzene rings is 1. The van der Waals surface area contributed by atoms with E-state index in [-0.39, 0.29) is 24.3 Å². The van der Waals surface area contributed by atoms with Gasteiger partial charge in [0.05, 0.1) is 11.0 Å². The SMILES string of the molecule is CCNC(=O)CNC(C)c1ccc(F)c(Br)c1. The number of halogens is 2. The zero-order valence-corrected chi connectivity index (χ0v) is 11.5. The highest BCUT2D eigenvalue weighted by Gasteiger charge is 2.09. The smallest absolute Gasteiger partial charge is 0.233 e. The van der Waals surface area contributed by atoms with E-state index in [4.69, 9.17) is 0 Å². The summed E-state index contributed by atoms with van der Waals surface area (Å²) in [4.78, 5) is 11.3. The van der Waals surface area contributed by atoms with Gasteiger partial charge < -0.3 is 10.6 Å². The van der Waals surface area contributed by atoms with Crippen molar-refractivity contribution < 1.29 is 9.18 Å². The van der Waals surface area contributed by atoms with E-state index in [0.717, 1.165) is 5.56 Å². The Morgan fingerprint density at radius 2 is 2.24 bits per heavy atom. The third kappa shape index (κ3) is 4.44. The molecule has 0 spiro atoms. The molecule has 1 rings (SSSR count). The number of amides is 1. The van der Waals surface area contributed by atoms with Gasteiger partial charge in [0.15, 0.2) is 0 Å². The third-order valence-corrected chi connectivity index (χ3v) is 2.99. The maximum absolute atomic E-state index is 13.0. The summed E-state index contributed by atoms with van der Waals surface area (Å²) in [5.74, 6) is -0.329. The number of nitrogens with one attached hydrogen (secondary N) is 2. The van der Waals surface area contributed by atoms with Gasteiger partial charge in [-0.2, -0.15) is 0 Å². The highest BCUT2D eigenvalue weighted by molar-refractivity contribution is 9.10. The Balaban J connectivity index is 2.54. The molecule has 0 bridgehead atoms. The number of likely N-dealkylation sites (N-methyl/N-ethyl adjacent to an activating group) is 1. The lowest BCUT2D eigenvalue weighted by Crippen LogP contribution is -2.34. The van der Waals surface area contributed by atoms with Gasteiger partial charge in [0.2, 0.25) is 5.91 Å². The molecule has 5 heteroatoms. The quantitative estimate of drug-likeness (QED) is 0.877. The van der Waals surface area contributed by atoms with Gasteiger partial charge in [-0.05, 0) is 47.5 Å². The molecule has 0 saturated carbocycles. The predicted molar refractivity (Wildman–Crippen MR) is 69.2 cm³/mol. The molecule has 17 heavy (non-hydrogen) atoms. The monoisotopic (exact) mass is 302 g/mol. The molecular weight excluding hydrogens is 287 g/mol. The van der Waals surface area contributed by atoms with Gasteiger partial charge in [-0.15, -0.1) is 0 Å². The van der Waals surface area contributed by atoms with Crippen LogP contribution >= 0.6 is 15.9 Å². The minimum atomic E-state index is -0.287. The summed E-state index contributed by atoms with van der Waals surface area (Å²) in [6, 6.07) is 4.82. The number of carbonyl (C=O) groups excluding carboxylic acids is 1. The largest absolute Gasteiger partial charge is 0.355 e. The Bertz CT molecular complexity index is 398. The zero-order chi connectivity index (χ0) is 12.8. The van der Waals surface area contributed by atoms with Crippen molar-refractivity contribution in [2.75, 3.05) is 13.1 Å². The van der Waals surface area contributed by atoms with Crippen LogP contribution in [0.3, 0.4) is 0 Å². The molecule has 0 fully saturated rings. The molecule has 0 aromatic heterocycles. The number of rotatable bonds is 5. The molecule has 0 radical (unpaired) electrons. The molecule has 1 atom stereocenters. The first-order valence-electron chi connectivity index (χ1n) is 5.49. The maximum atomic E-state index is 13.0. The molecule has 3 nitrogen and oxygen atoms in total. The Morgan fingerprint density at radius 3 is 2.82 bits per heavy atom. The van der Waals surface area contributed by atoms with Crippen LogP contribution in [0.5, 0.6) is 0 Å². The molecule has 0 heterocycles. The van der Waals surface area contributed by atoms with E-state index in [1.54, 1.807) is 12.1 Å². The molecule has 0 aliphatic rings. The van der Waals surface area contributed by atoms with Crippen molar-refractivity contribution in [3.8, 4) is 0 Å². The average Bonchev–Trinajstić information content (AvgIpc) is 2.30. The van der Waals surface area contributed by atoms with E-state index < -0.39 is 0 Å². The van der Waals surface area contributed by atoms with Gasteiger partial charge >= 0.3 is 0 Å². The highest BCUT2D eigenvalue weighted by Crippen LogP contribution is 2.20. The van der Waals surface area contributed by atoms with Crippen LogP contribution in [0.4, 0.5) is 4.39 Å². The van der Waals surface area contributed by atoms with Crippen LogP contribution < -0.4 is 10.6 Å². The molecule has 0 aliphatic heterocycles. The second-order valence-electron chi connectivity index (χ2n) is 3.73. The summed E-state index contributed by atoms with van der Waals surface area (Å²) in [5, 5.41) is 5.78. The standard InChI is InChI=1S/C12H16BrFN2O/c1-3-15-12(17)7-16-8(2)9-4-5-11(14)10(13)6-9/h4-6,8,16H,3,7H2,1-2H3,(H,15,17). The summed E-state index contributed by atoms with van der Waals surface area (Å²) in [6.07, 6.45) is 0. The minimum Gasteiger partial charge on any atom is -0.355 e. The number of carbonyl (C=O) groups is 1. The van der Waals surface area contributed by atoms with E-state index >= 15 is 0 Å². The molecule has 2 N–H and O–H groups in total. The molecule has 0 aliphatic carbocycles. The van der Waals surface area contributed by atoms with E-state index in [1.807, 2.05) is 13.8 Å². The van der Waals surface area contributed by atoms with Gasteiger partial charge in [-0.25, -0.2) is 4.39 Å². The summed E-state index contributed by atoms with van der Waals surface area (Å²) >= 11 is 3.14. The summed E-state index contributed by atoms with van der Waals surface area (Å²) in [7, 11) is 0. The van der Waals surface area contributed by atoms with Crippen LogP contribution in [0.25, 0.3) is 0 Å². The lowest BCUT2D eigenvalue weighted by molar-refractivity contribution is -0.120. The van der Waals surface area contributed by atoms with Crippen molar-refractivity contribution >= 4 is 21.8 Å². The lowest BCUT2D eigenvalue weighted by atomic mass is 10.1. The lowest BCUT2D eigenvalue weighted by Gasteiger charge is -2.14. The Labute approximate surface area is 109 Å². The fourth-order valence-electron chi connectivity index (χ4n) is 1.41. The second-order valence-corrected chi connectivity index (χ2v) is 4.58. The molecule has 1 unspecified atom stereocenters. The first kappa shape index (κ1) is 14.1. The van der Waals surface area contributed by atoms with Gasteiger partial charge in [-0.1, -0.05) is 6.07 Å². The highest BCUT2D eigenvalue weighted by atomic mass is 79.9. The van der Waals surface area contributed by atoms with Crippen molar-refractivity contribution in [2.24, 2.45) is 0 Å². The molecule has 0 saturated heterocycles. The predicted octanol–water partition coefficient (Wildman–Crippen LogP) is 2.37. The van der Waals surface area contributed by atoms with Crippen LogP contribution in [-0.4, -0.2) is 19.0 Å². The Morgan fingerprint density at radius 1 is 1.53 bits per heavy atom. The van der Waals surface area contributed by atoms with Crippen LogP contribution in [0.2, 0.25) is 0 Å². The van der Waals surface area contributed by atoms with Crippen molar-refractivity contribution in [1.29, 1.82) is 0 Å². The number of hydrogen-bond acceptors (Lipinski definition) is 2. The normalized spacial score (nSPS) is 12.2. The van der Waals surface area contributed by atoms with Crippen molar-refractivity contribution in [1.82, 2.24) is 10.6 Å². The van der Waals surface area contributed by atoms with Crippen molar-refractivity contribution in [2.45, 2.75) is 19.9 Å². The summed E-state index contributed by atoms with van der Waals surface area (Å²) in [6.45, 7) is 4.68. The number of hydrogen-bond donors (Lipinski definition) is 2. The molecular formula is C12H16BrFN2O. The van der Waals surface area contributed by atoms with Crippen LogP contribution in [0.15, 0.2) is 22.7 Å². The van der Waals surface area contributed by atoms with Gasteiger partial charge in [0.25, 0.3) is 0 Å². The first-order valence-corrected chi connectivity index (χ1v) is 6.29. The Hall–Kier alpha value is -0.940. The van der Waals surface area contributed by atoms with Crippen LogP contribution in [0.1, 0.15) is 25.5 Å². The fraction of sp³-hybridized carbons (Fsp3) is 0.417. The van der Waals surface area contributed by atoms with Crippen LogP contribution in [0, 0.1) is 5.82 Å².